The van der Waals surface area contributed by atoms with Gasteiger partial charge in [-0.2, -0.15) is 0 Å². The molecule has 35 heavy (non-hydrogen) atoms. The highest BCUT2D eigenvalue weighted by molar-refractivity contribution is 9.12. The fourth-order valence-corrected chi connectivity index (χ4v) is 4.12. The number of benzene rings is 2. The van der Waals surface area contributed by atoms with E-state index in [2.05, 4.69) is 37.8 Å². The second-order valence-corrected chi connectivity index (χ2v) is 9.03. The van der Waals surface area contributed by atoms with Crippen molar-refractivity contribution in [2.24, 2.45) is 0 Å². The molecule has 1 fully saturated rings. The van der Waals surface area contributed by atoms with Gasteiger partial charge >= 0.3 is 0 Å². The molecule has 0 radical (unpaired) electrons. The molecular formula is C25H24BrFN6O2. The molecule has 1 unspecified atom stereocenters. The van der Waals surface area contributed by atoms with E-state index in [1.54, 1.807) is 41.3 Å². The molecule has 8 nitrogen and oxygen atoms in total. The summed E-state index contributed by atoms with van der Waals surface area (Å²) in [5, 5.41) is 12.1. The van der Waals surface area contributed by atoms with Crippen LogP contribution in [0.3, 0.4) is 0 Å². The molecule has 1 saturated heterocycles. The Labute approximate surface area is 210 Å². The summed E-state index contributed by atoms with van der Waals surface area (Å²) < 4.78 is 19.1. The number of hydrogen-bond donors (Lipinski definition) is 3. The Hall–Kier alpha value is -3.79. The number of anilines is 2. The zero-order valence-electron chi connectivity index (χ0n) is 18.8. The number of carbonyl (C=O) groups excluding carboxylic acids is 1. The zero-order valence-corrected chi connectivity index (χ0v) is 20.4. The van der Waals surface area contributed by atoms with Gasteiger partial charge in [-0.3, -0.25) is 10.2 Å². The van der Waals surface area contributed by atoms with Crippen molar-refractivity contribution in [3.05, 3.63) is 82.9 Å². The number of halogens is 2. The van der Waals surface area contributed by atoms with Crippen LogP contribution < -0.4 is 15.8 Å². The van der Waals surface area contributed by atoms with E-state index in [-0.39, 0.29) is 29.3 Å². The van der Waals surface area contributed by atoms with Crippen LogP contribution in [0.2, 0.25) is 0 Å². The first-order chi connectivity index (χ1) is 16.8. The molecule has 1 amide bonds. The second-order valence-electron chi connectivity index (χ2n) is 8.08. The van der Waals surface area contributed by atoms with E-state index in [1.165, 1.54) is 18.5 Å². The molecule has 3 aromatic rings. The Bertz CT molecular complexity index is 1250. The van der Waals surface area contributed by atoms with Crippen molar-refractivity contribution in [3.8, 4) is 11.5 Å². The van der Waals surface area contributed by atoms with E-state index >= 15 is 0 Å². The summed E-state index contributed by atoms with van der Waals surface area (Å²) in [6, 6.07) is 12.6. The smallest absolute Gasteiger partial charge is 0.260 e. The third kappa shape index (κ3) is 5.83. The molecule has 1 aliphatic rings. The standard InChI is InChI=1S/C25H24BrFN6O2/c1-15(26)25(34)33-12-2-3-18(13-33)32-24-21(23(29)30-14-31-24)22(28)16-4-8-19(9-5-16)35-20-10-6-17(27)7-11-20/h4-11,14,18,28H,1-3,12-13H2,(H3,29,30,31,32). The quantitative estimate of drug-likeness (QED) is 0.296. The average Bonchev–Trinajstić information content (AvgIpc) is 2.85. The van der Waals surface area contributed by atoms with Gasteiger partial charge in [0.1, 0.15) is 35.3 Å². The molecule has 1 aliphatic heterocycles. The summed E-state index contributed by atoms with van der Waals surface area (Å²) in [7, 11) is 0. The van der Waals surface area contributed by atoms with Crippen molar-refractivity contribution in [1.29, 1.82) is 5.41 Å². The maximum Gasteiger partial charge on any atom is 0.260 e. The van der Waals surface area contributed by atoms with Crippen LogP contribution in [0.5, 0.6) is 11.5 Å². The van der Waals surface area contributed by atoms with Crippen molar-refractivity contribution < 1.29 is 13.9 Å². The molecule has 0 bridgehead atoms. The minimum absolute atomic E-state index is 0.0631. The normalized spacial score (nSPS) is 15.4. The van der Waals surface area contributed by atoms with Gasteiger partial charge in [0, 0.05) is 24.7 Å². The lowest BCUT2D eigenvalue weighted by Gasteiger charge is -2.33. The van der Waals surface area contributed by atoms with E-state index in [0.717, 1.165) is 12.8 Å². The number of ether oxygens (including phenoxy) is 1. The van der Waals surface area contributed by atoms with Crippen LogP contribution in [-0.2, 0) is 4.79 Å². The van der Waals surface area contributed by atoms with Crippen LogP contribution in [0, 0.1) is 11.2 Å². The van der Waals surface area contributed by atoms with Crippen molar-refractivity contribution in [3.63, 3.8) is 0 Å². The van der Waals surface area contributed by atoms with Crippen molar-refractivity contribution in [1.82, 2.24) is 14.9 Å². The molecule has 2 heterocycles. The predicted octanol–water partition coefficient (Wildman–Crippen LogP) is 4.72. The average molecular weight is 539 g/mol. The highest BCUT2D eigenvalue weighted by Gasteiger charge is 2.26. The monoisotopic (exact) mass is 538 g/mol. The number of amides is 1. The molecular weight excluding hydrogens is 515 g/mol. The Balaban J connectivity index is 1.51. The molecule has 4 N–H and O–H groups in total. The van der Waals surface area contributed by atoms with E-state index in [0.29, 0.717) is 46.0 Å². The predicted molar refractivity (Wildman–Crippen MR) is 137 cm³/mol. The Morgan fingerprint density at radius 1 is 1.17 bits per heavy atom. The number of carbonyl (C=O) groups is 1. The van der Waals surface area contributed by atoms with Crippen LogP contribution >= 0.6 is 15.9 Å². The molecule has 4 rings (SSSR count). The number of nitrogens with zero attached hydrogens (tertiary/aromatic N) is 3. The highest BCUT2D eigenvalue weighted by Crippen LogP contribution is 2.27. The van der Waals surface area contributed by atoms with E-state index in [1.807, 2.05) is 0 Å². The first-order valence-electron chi connectivity index (χ1n) is 11.0. The first-order valence-corrected chi connectivity index (χ1v) is 11.7. The SMILES string of the molecule is C=C(Br)C(=O)N1CCCC(Nc2ncnc(N)c2C(=N)c2ccc(Oc3ccc(F)cc3)cc2)C1. The van der Waals surface area contributed by atoms with Crippen molar-refractivity contribution >= 4 is 39.2 Å². The van der Waals surface area contributed by atoms with Crippen LogP contribution in [0.15, 0.2) is 65.9 Å². The molecule has 1 aromatic heterocycles. The van der Waals surface area contributed by atoms with E-state index < -0.39 is 0 Å². The van der Waals surface area contributed by atoms with Crippen LogP contribution in [0.25, 0.3) is 0 Å². The Kier molecular flexibility index (Phi) is 7.40. The number of rotatable bonds is 7. The third-order valence-electron chi connectivity index (χ3n) is 5.60. The van der Waals surface area contributed by atoms with Gasteiger partial charge in [-0.15, -0.1) is 0 Å². The maximum atomic E-state index is 13.1. The highest BCUT2D eigenvalue weighted by atomic mass is 79.9. The number of piperidine rings is 1. The van der Waals surface area contributed by atoms with Gasteiger partial charge in [0.2, 0.25) is 0 Å². The number of nitrogen functional groups attached to an aromatic ring is 1. The van der Waals surface area contributed by atoms with Gasteiger partial charge in [0.15, 0.2) is 0 Å². The van der Waals surface area contributed by atoms with Gasteiger partial charge in [-0.1, -0.05) is 6.58 Å². The molecule has 2 aromatic carbocycles. The van der Waals surface area contributed by atoms with Crippen molar-refractivity contribution in [2.45, 2.75) is 18.9 Å². The number of hydrogen-bond acceptors (Lipinski definition) is 7. The van der Waals surface area contributed by atoms with Crippen LogP contribution in [-0.4, -0.2) is 45.6 Å². The first kappa shape index (κ1) is 24.3. The van der Waals surface area contributed by atoms with Gasteiger partial charge in [0.25, 0.3) is 5.91 Å². The second kappa shape index (κ2) is 10.6. The van der Waals surface area contributed by atoms with Crippen LogP contribution in [0.1, 0.15) is 24.0 Å². The number of likely N-dealkylation sites (tertiary alicyclic amines) is 1. The fraction of sp³-hybridized carbons (Fsp3) is 0.200. The van der Waals surface area contributed by atoms with Gasteiger partial charge in [-0.05, 0) is 77.3 Å². The maximum absolute atomic E-state index is 13.1. The largest absolute Gasteiger partial charge is 0.457 e. The van der Waals surface area contributed by atoms with Gasteiger partial charge in [-0.25, -0.2) is 14.4 Å². The zero-order chi connectivity index (χ0) is 24.9. The number of nitrogens with one attached hydrogen (secondary N) is 2. The lowest BCUT2D eigenvalue weighted by atomic mass is 10.0. The summed E-state index contributed by atoms with van der Waals surface area (Å²) in [4.78, 5) is 22.5. The summed E-state index contributed by atoms with van der Waals surface area (Å²) in [5.41, 5.74) is 7.28. The van der Waals surface area contributed by atoms with Gasteiger partial charge < -0.3 is 20.7 Å². The Morgan fingerprint density at radius 2 is 1.83 bits per heavy atom. The fourth-order valence-electron chi connectivity index (χ4n) is 3.87. The van der Waals surface area contributed by atoms with Crippen LogP contribution in [0.4, 0.5) is 16.0 Å². The molecule has 0 aliphatic carbocycles. The number of aromatic nitrogens is 2. The van der Waals surface area contributed by atoms with Gasteiger partial charge in [0.05, 0.1) is 15.8 Å². The lowest BCUT2D eigenvalue weighted by Crippen LogP contribution is -2.45. The summed E-state index contributed by atoms with van der Waals surface area (Å²) >= 11 is 3.16. The Morgan fingerprint density at radius 3 is 2.49 bits per heavy atom. The molecule has 180 valence electrons. The summed E-state index contributed by atoms with van der Waals surface area (Å²) in [6.45, 7) is 4.81. The summed E-state index contributed by atoms with van der Waals surface area (Å²) in [5.74, 6) is 1.18. The molecule has 10 heteroatoms. The minimum atomic E-state index is -0.339. The summed E-state index contributed by atoms with van der Waals surface area (Å²) in [6.07, 6.45) is 3.01. The molecule has 1 atom stereocenters. The molecule has 0 saturated carbocycles. The minimum Gasteiger partial charge on any atom is -0.457 e. The van der Waals surface area contributed by atoms with Crippen molar-refractivity contribution in [2.75, 3.05) is 24.1 Å². The molecule has 0 spiro atoms. The third-order valence-corrected chi connectivity index (χ3v) is 5.94. The van der Waals surface area contributed by atoms with E-state index in [4.69, 9.17) is 15.9 Å². The topological polar surface area (TPSA) is 117 Å². The number of nitrogens with two attached hydrogens (primary N) is 1. The lowest BCUT2D eigenvalue weighted by molar-refractivity contribution is -0.127. The van der Waals surface area contributed by atoms with E-state index in [9.17, 15) is 9.18 Å².